The normalized spacial score (nSPS) is 10.8. The van der Waals surface area contributed by atoms with E-state index < -0.39 is 0 Å². The summed E-state index contributed by atoms with van der Waals surface area (Å²) in [5, 5.41) is 3.94. The third kappa shape index (κ3) is 3.28. The Hall–Kier alpha value is -1.94. The zero-order chi connectivity index (χ0) is 13.0. The molecule has 0 saturated carbocycles. The molecule has 0 atom stereocenters. The highest BCUT2D eigenvalue weighted by molar-refractivity contribution is 7.13. The van der Waals surface area contributed by atoms with Crippen molar-refractivity contribution in [2.45, 2.75) is 13.8 Å². The molecule has 92 valence electrons. The monoisotopic (exact) mass is 258 g/mol. The molecular weight excluding hydrogens is 244 g/mol. The average molecular weight is 258 g/mol. The Labute approximate surface area is 110 Å². The number of rotatable bonds is 3. The largest absolute Gasteiger partial charge is 0.271 e. The van der Waals surface area contributed by atoms with Gasteiger partial charge in [0.25, 0.3) is 5.91 Å². The summed E-state index contributed by atoms with van der Waals surface area (Å²) in [6.45, 7) is 4.02. The lowest BCUT2D eigenvalue weighted by atomic mass is 10.1. The molecule has 0 spiro atoms. The molecule has 18 heavy (non-hydrogen) atoms. The van der Waals surface area contributed by atoms with Crippen LogP contribution in [0.4, 0.5) is 0 Å². The van der Waals surface area contributed by atoms with Crippen molar-refractivity contribution in [3.8, 4) is 0 Å². The van der Waals surface area contributed by atoms with E-state index in [4.69, 9.17) is 0 Å². The van der Waals surface area contributed by atoms with Gasteiger partial charge < -0.3 is 0 Å². The van der Waals surface area contributed by atoms with Crippen molar-refractivity contribution in [3.63, 3.8) is 0 Å². The van der Waals surface area contributed by atoms with Gasteiger partial charge in [0.05, 0.1) is 6.21 Å². The minimum atomic E-state index is -0.195. The highest BCUT2D eigenvalue weighted by atomic mass is 32.1. The molecule has 0 bridgehead atoms. The van der Waals surface area contributed by atoms with E-state index in [9.17, 15) is 4.79 Å². The summed E-state index contributed by atoms with van der Waals surface area (Å²) in [4.78, 5) is 14.0. The fraction of sp³-hybridized carbons (Fsp3) is 0.143. The number of aryl methyl sites for hydroxylation is 2. The van der Waals surface area contributed by atoms with Gasteiger partial charge in [-0.05, 0) is 38.1 Å². The van der Waals surface area contributed by atoms with Gasteiger partial charge in [0.15, 0.2) is 0 Å². The van der Waals surface area contributed by atoms with E-state index in [0.717, 1.165) is 10.4 Å². The van der Waals surface area contributed by atoms with Crippen molar-refractivity contribution in [1.82, 2.24) is 5.43 Å². The SMILES string of the molecule is Cc1ccc(C(=O)N/N=C/c2ccc(C)s2)cc1. The Kier molecular flexibility index (Phi) is 3.89. The van der Waals surface area contributed by atoms with Gasteiger partial charge >= 0.3 is 0 Å². The molecular formula is C14H14N2OS. The van der Waals surface area contributed by atoms with E-state index in [-0.39, 0.29) is 5.91 Å². The quantitative estimate of drug-likeness (QED) is 0.667. The summed E-state index contributed by atoms with van der Waals surface area (Å²) >= 11 is 1.64. The zero-order valence-corrected chi connectivity index (χ0v) is 11.1. The number of hydrazone groups is 1. The predicted octanol–water partition coefficient (Wildman–Crippen LogP) is 3.13. The maximum atomic E-state index is 11.7. The molecule has 4 heteroatoms. The Morgan fingerprint density at radius 1 is 1.17 bits per heavy atom. The number of amides is 1. The summed E-state index contributed by atoms with van der Waals surface area (Å²) < 4.78 is 0. The fourth-order valence-corrected chi connectivity index (χ4v) is 2.20. The summed E-state index contributed by atoms with van der Waals surface area (Å²) in [7, 11) is 0. The first kappa shape index (κ1) is 12.5. The summed E-state index contributed by atoms with van der Waals surface area (Å²) in [5.74, 6) is -0.195. The van der Waals surface area contributed by atoms with Gasteiger partial charge in [0.1, 0.15) is 0 Å². The van der Waals surface area contributed by atoms with Crippen LogP contribution in [0.15, 0.2) is 41.5 Å². The molecule has 0 aliphatic carbocycles. The van der Waals surface area contributed by atoms with Crippen molar-refractivity contribution in [3.05, 3.63) is 57.3 Å². The van der Waals surface area contributed by atoms with E-state index in [1.165, 1.54) is 4.88 Å². The number of hydrogen-bond donors (Lipinski definition) is 1. The van der Waals surface area contributed by atoms with Gasteiger partial charge in [-0.2, -0.15) is 5.10 Å². The van der Waals surface area contributed by atoms with Crippen LogP contribution < -0.4 is 5.43 Å². The molecule has 0 saturated heterocycles. The standard InChI is InChI=1S/C14H14N2OS/c1-10-3-6-12(7-4-10)14(17)16-15-9-13-8-5-11(2)18-13/h3-9H,1-2H3,(H,16,17)/b15-9+. The van der Waals surface area contributed by atoms with E-state index >= 15 is 0 Å². The molecule has 1 heterocycles. The number of hydrogen-bond acceptors (Lipinski definition) is 3. The highest BCUT2D eigenvalue weighted by Crippen LogP contribution is 2.12. The van der Waals surface area contributed by atoms with Crippen LogP contribution >= 0.6 is 11.3 Å². The number of carbonyl (C=O) groups is 1. The van der Waals surface area contributed by atoms with Crippen molar-refractivity contribution in [2.75, 3.05) is 0 Å². The number of carbonyl (C=O) groups excluding carboxylic acids is 1. The molecule has 0 aliphatic heterocycles. The van der Waals surface area contributed by atoms with Crippen LogP contribution in [0.1, 0.15) is 25.7 Å². The van der Waals surface area contributed by atoms with E-state index in [1.54, 1.807) is 29.7 Å². The Morgan fingerprint density at radius 3 is 2.50 bits per heavy atom. The van der Waals surface area contributed by atoms with Crippen molar-refractivity contribution >= 4 is 23.5 Å². The molecule has 0 radical (unpaired) electrons. The van der Waals surface area contributed by atoms with Gasteiger partial charge in [-0.25, -0.2) is 5.43 Å². The smallest absolute Gasteiger partial charge is 0.267 e. The van der Waals surface area contributed by atoms with Crippen LogP contribution in [-0.2, 0) is 0 Å². The van der Waals surface area contributed by atoms with Crippen LogP contribution in [0.25, 0.3) is 0 Å². The Bertz CT molecular complexity index is 570. The average Bonchev–Trinajstić information content (AvgIpc) is 2.76. The maximum Gasteiger partial charge on any atom is 0.271 e. The maximum absolute atomic E-state index is 11.7. The zero-order valence-electron chi connectivity index (χ0n) is 10.3. The highest BCUT2D eigenvalue weighted by Gasteiger charge is 2.02. The topological polar surface area (TPSA) is 41.5 Å². The first-order valence-corrected chi connectivity index (χ1v) is 6.43. The van der Waals surface area contributed by atoms with E-state index in [0.29, 0.717) is 5.56 Å². The van der Waals surface area contributed by atoms with Crippen LogP contribution in [-0.4, -0.2) is 12.1 Å². The van der Waals surface area contributed by atoms with Crippen molar-refractivity contribution in [2.24, 2.45) is 5.10 Å². The second kappa shape index (κ2) is 5.60. The summed E-state index contributed by atoms with van der Waals surface area (Å²) in [6.07, 6.45) is 1.66. The summed E-state index contributed by atoms with van der Waals surface area (Å²) in [6, 6.07) is 11.4. The molecule has 1 amide bonds. The Balaban J connectivity index is 1.96. The molecule has 2 rings (SSSR count). The van der Waals surface area contributed by atoms with E-state index in [2.05, 4.69) is 10.5 Å². The van der Waals surface area contributed by atoms with Crippen molar-refractivity contribution < 1.29 is 4.79 Å². The molecule has 1 N–H and O–H groups in total. The second-order valence-electron chi connectivity index (χ2n) is 4.01. The molecule has 0 aliphatic rings. The lowest BCUT2D eigenvalue weighted by Crippen LogP contribution is -2.17. The van der Waals surface area contributed by atoms with Crippen LogP contribution in [0.2, 0.25) is 0 Å². The molecule has 0 unspecified atom stereocenters. The molecule has 1 aromatic carbocycles. The second-order valence-corrected chi connectivity index (χ2v) is 5.33. The third-order valence-corrected chi connectivity index (χ3v) is 3.37. The minimum absolute atomic E-state index is 0.195. The number of nitrogens with one attached hydrogen (secondary N) is 1. The molecule has 2 aromatic rings. The van der Waals surface area contributed by atoms with Crippen LogP contribution in [0, 0.1) is 13.8 Å². The number of benzene rings is 1. The number of thiophene rings is 1. The molecule has 0 fully saturated rings. The van der Waals surface area contributed by atoms with Gasteiger partial charge in [0, 0.05) is 15.3 Å². The lowest BCUT2D eigenvalue weighted by molar-refractivity contribution is 0.0955. The van der Waals surface area contributed by atoms with Gasteiger partial charge in [0.2, 0.25) is 0 Å². The van der Waals surface area contributed by atoms with Gasteiger partial charge in [-0.3, -0.25) is 4.79 Å². The number of nitrogens with zero attached hydrogens (tertiary/aromatic N) is 1. The van der Waals surface area contributed by atoms with Gasteiger partial charge in [-0.1, -0.05) is 17.7 Å². The fourth-order valence-electron chi connectivity index (χ4n) is 1.45. The Morgan fingerprint density at radius 2 is 1.89 bits per heavy atom. The van der Waals surface area contributed by atoms with Crippen LogP contribution in [0.5, 0.6) is 0 Å². The first-order chi connectivity index (χ1) is 8.65. The molecule has 3 nitrogen and oxygen atoms in total. The first-order valence-electron chi connectivity index (χ1n) is 5.61. The predicted molar refractivity (Wildman–Crippen MR) is 75.3 cm³/mol. The third-order valence-electron chi connectivity index (χ3n) is 2.43. The lowest BCUT2D eigenvalue weighted by Gasteiger charge is -1.99. The molecule has 1 aromatic heterocycles. The van der Waals surface area contributed by atoms with Crippen molar-refractivity contribution in [1.29, 1.82) is 0 Å². The van der Waals surface area contributed by atoms with Crippen LogP contribution in [0.3, 0.4) is 0 Å². The van der Waals surface area contributed by atoms with Gasteiger partial charge in [-0.15, -0.1) is 11.3 Å². The minimum Gasteiger partial charge on any atom is -0.267 e. The summed E-state index contributed by atoms with van der Waals surface area (Å²) in [5.41, 5.74) is 4.25. The van der Waals surface area contributed by atoms with E-state index in [1.807, 2.05) is 38.1 Å².